The van der Waals surface area contributed by atoms with E-state index in [4.69, 9.17) is 0 Å². The van der Waals surface area contributed by atoms with Gasteiger partial charge in [0.25, 0.3) is 0 Å². The van der Waals surface area contributed by atoms with Gasteiger partial charge in [-0.05, 0) is 19.9 Å². The van der Waals surface area contributed by atoms with Gasteiger partial charge in [-0.15, -0.1) is 21.5 Å². The summed E-state index contributed by atoms with van der Waals surface area (Å²) in [6.07, 6.45) is 2.40. The molecule has 2 rings (SSSR count). The topological polar surface area (TPSA) is 72.7 Å². The Labute approximate surface area is 109 Å². The maximum Gasteiger partial charge on any atom is 0.241 e. The molecule has 2 aromatic rings. The van der Waals surface area contributed by atoms with Crippen molar-refractivity contribution in [1.29, 1.82) is 0 Å². The molecule has 2 heterocycles. The molecule has 0 aliphatic heterocycles. The number of rotatable bonds is 5. The van der Waals surface area contributed by atoms with Crippen molar-refractivity contribution in [2.75, 3.05) is 6.54 Å². The number of aromatic nitrogens is 4. The molecule has 0 aliphatic rings. The second-order valence-corrected chi connectivity index (χ2v) is 5.21. The maximum absolute atomic E-state index is 11.7. The van der Waals surface area contributed by atoms with Crippen molar-refractivity contribution in [2.45, 2.75) is 26.8 Å². The van der Waals surface area contributed by atoms with Crippen molar-refractivity contribution in [3.05, 3.63) is 28.0 Å². The van der Waals surface area contributed by atoms with E-state index >= 15 is 0 Å². The third kappa shape index (κ3) is 3.36. The molecule has 96 valence electrons. The summed E-state index contributed by atoms with van der Waals surface area (Å²) in [6.45, 7) is 4.67. The molecule has 2 aromatic heterocycles. The summed E-state index contributed by atoms with van der Waals surface area (Å²) < 4.78 is 1.67. The van der Waals surface area contributed by atoms with Crippen LogP contribution in [-0.2, 0) is 17.8 Å². The van der Waals surface area contributed by atoms with Crippen LogP contribution in [0.2, 0.25) is 0 Å². The van der Waals surface area contributed by atoms with Crippen LogP contribution in [0.1, 0.15) is 15.7 Å². The van der Waals surface area contributed by atoms with Gasteiger partial charge in [0.2, 0.25) is 5.91 Å². The van der Waals surface area contributed by atoms with Crippen LogP contribution in [0.3, 0.4) is 0 Å². The first-order chi connectivity index (χ1) is 8.65. The van der Waals surface area contributed by atoms with Crippen LogP contribution in [0, 0.1) is 13.8 Å². The molecule has 0 aliphatic carbocycles. The smallest absolute Gasteiger partial charge is 0.241 e. The van der Waals surface area contributed by atoms with Gasteiger partial charge in [0.05, 0.1) is 0 Å². The van der Waals surface area contributed by atoms with Crippen LogP contribution in [-0.4, -0.2) is 32.4 Å². The highest BCUT2D eigenvalue weighted by Crippen LogP contribution is 2.07. The predicted molar refractivity (Wildman–Crippen MR) is 68.3 cm³/mol. The molecule has 7 heteroatoms. The summed E-state index contributed by atoms with van der Waals surface area (Å²) >= 11 is 1.56. The summed E-state index contributed by atoms with van der Waals surface area (Å²) in [5, 5.41) is 16.7. The van der Waals surface area contributed by atoms with Gasteiger partial charge >= 0.3 is 0 Å². The third-order valence-corrected chi connectivity index (χ3v) is 3.35. The second-order valence-electron chi connectivity index (χ2n) is 3.95. The van der Waals surface area contributed by atoms with E-state index in [0.29, 0.717) is 6.54 Å². The molecule has 6 nitrogen and oxygen atoms in total. The summed E-state index contributed by atoms with van der Waals surface area (Å²) in [5.41, 5.74) is 0.977. The quantitative estimate of drug-likeness (QED) is 0.864. The van der Waals surface area contributed by atoms with E-state index in [1.54, 1.807) is 22.2 Å². The predicted octanol–water partition coefficient (Wildman–Crippen LogP) is 0.710. The third-order valence-electron chi connectivity index (χ3n) is 2.45. The Hall–Kier alpha value is -1.76. The Kier molecular flexibility index (Phi) is 4.03. The number of carbonyl (C=O) groups excluding carboxylic acids is 1. The fraction of sp³-hybridized carbons (Fsp3) is 0.455. The lowest BCUT2D eigenvalue weighted by Gasteiger charge is -2.05. The highest BCUT2D eigenvalue weighted by molar-refractivity contribution is 7.11. The number of nitrogens with one attached hydrogen (secondary N) is 1. The molecule has 0 atom stereocenters. The van der Waals surface area contributed by atoms with E-state index in [9.17, 15) is 4.79 Å². The molecule has 0 saturated carbocycles. The standard InChI is InChI=1S/C11H15N5OS/c1-8-3-6-13-16(8)7-10(17)12-5-4-11-15-14-9(2)18-11/h3,6H,4-5,7H2,1-2H3,(H,12,17). The van der Waals surface area contributed by atoms with E-state index in [1.165, 1.54) is 0 Å². The number of nitrogens with zero attached hydrogens (tertiary/aromatic N) is 4. The van der Waals surface area contributed by atoms with Crippen molar-refractivity contribution in [2.24, 2.45) is 0 Å². The average molecular weight is 265 g/mol. The SMILES string of the molecule is Cc1nnc(CCNC(=O)Cn2nccc2C)s1. The van der Waals surface area contributed by atoms with E-state index in [1.807, 2.05) is 19.9 Å². The number of amides is 1. The Bertz CT molecular complexity index is 533. The minimum Gasteiger partial charge on any atom is -0.354 e. The molecule has 0 saturated heterocycles. The number of hydrogen-bond acceptors (Lipinski definition) is 5. The minimum atomic E-state index is -0.0389. The van der Waals surface area contributed by atoms with Gasteiger partial charge in [0, 0.05) is 24.9 Å². The summed E-state index contributed by atoms with van der Waals surface area (Å²) in [7, 11) is 0. The molecule has 0 unspecified atom stereocenters. The first-order valence-corrected chi connectivity index (χ1v) is 6.51. The Morgan fingerprint density at radius 2 is 2.28 bits per heavy atom. The molecule has 0 spiro atoms. The lowest BCUT2D eigenvalue weighted by atomic mass is 10.4. The normalized spacial score (nSPS) is 10.6. The number of carbonyl (C=O) groups is 1. The van der Waals surface area contributed by atoms with Gasteiger partial charge in [0.1, 0.15) is 16.6 Å². The monoisotopic (exact) mass is 265 g/mol. The molecular formula is C11H15N5OS. The number of hydrogen-bond donors (Lipinski definition) is 1. The van der Waals surface area contributed by atoms with Crippen molar-refractivity contribution >= 4 is 17.2 Å². The Balaban J connectivity index is 1.74. The zero-order valence-corrected chi connectivity index (χ0v) is 11.2. The fourth-order valence-electron chi connectivity index (χ4n) is 1.50. The molecule has 1 amide bonds. The molecule has 0 bridgehead atoms. The lowest BCUT2D eigenvalue weighted by Crippen LogP contribution is -2.30. The molecule has 1 N–H and O–H groups in total. The summed E-state index contributed by atoms with van der Waals surface area (Å²) in [6, 6.07) is 1.87. The first kappa shape index (κ1) is 12.7. The largest absolute Gasteiger partial charge is 0.354 e. The van der Waals surface area contributed by atoms with Crippen molar-refractivity contribution in [3.63, 3.8) is 0 Å². The zero-order valence-electron chi connectivity index (χ0n) is 10.4. The second kappa shape index (κ2) is 5.72. The van der Waals surface area contributed by atoms with E-state index < -0.39 is 0 Å². The molecule has 0 aromatic carbocycles. The fourth-order valence-corrected chi connectivity index (χ4v) is 2.21. The van der Waals surface area contributed by atoms with Crippen molar-refractivity contribution in [3.8, 4) is 0 Å². The van der Waals surface area contributed by atoms with Crippen LogP contribution in [0.5, 0.6) is 0 Å². The van der Waals surface area contributed by atoms with Gasteiger partial charge in [-0.2, -0.15) is 5.10 Å². The van der Waals surface area contributed by atoms with E-state index in [-0.39, 0.29) is 12.5 Å². The summed E-state index contributed by atoms with van der Waals surface area (Å²) in [4.78, 5) is 11.7. The van der Waals surface area contributed by atoms with Gasteiger partial charge in [0.15, 0.2) is 0 Å². The Morgan fingerprint density at radius 1 is 1.44 bits per heavy atom. The van der Waals surface area contributed by atoms with Gasteiger partial charge < -0.3 is 5.32 Å². The van der Waals surface area contributed by atoms with Crippen LogP contribution < -0.4 is 5.32 Å². The van der Waals surface area contributed by atoms with Crippen LogP contribution in [0.25, 0.3) is 0 Å². The molecule has 18 heavy (non-hydrogen) atoms. The molecular weight excluding hydrogens is 250 g/mol. The zero-order chi connectivity index (χ0) is 13.0. The minimum absolute atomic E-state index is 0.0389. The van der Waals surface area contributed by atoms with Crippen LogP contribution in [0.4, 0.5) is 0 Å². The van der Waals surface area contributed by atoms with Crippen LogP contribution >= 0.6 is 11.3 Å². The summed E-state index contributed by atoms with van der Waals surface area (Å²) in [5.74, 6) is -0.0389. The van der Waals surface area contributed by atoms with Crippen LogP contribution in [0.15, 0.2) is 12.3 Å². The average Bonchev–Trinajstić information content (AvgIpc) is 2.89. The Morgan fingerprint density at radius 3 is 2.89 bits per heavy atom. The maximum atomic E-state index is 11.7. The lowest BCUT2D eigenvalue weighted by molar-refractivity contribution is -0.121. The number of aryl methyl sites for hydroxylation is 2. The highest BCUT2D eigenvalue weighted by atomic mass is 32.1. The van der Waals surface area contributed by atoms with E-state index in [0.717, 1.165) is 22.1 Å². The van der Waals surface area contributed by atoms with Crippen molar-refractivity contribution in [1.82, 2.24) is 25.3 Å². The molecule has 0 fully saturated rings. The molecule has 0 radical (unpaired) electrons. The van der Waals surface area contributed by atoms with E-state index in [2.05, 4.69) is 20.6 Å². The van der Waals surface area contributed by atoms with Crippen molar-refractivity contribution < 1.29 is 4.79 Å². The van der Waals surface area contributed by atoms with Gasteiger partial charge in [-0.1, -0.05) is 0 Å². The highest BCUT2D eigenvalue weighted by Gasteiger charge is 2.06. The first-order valence-electron chi connectivity index (χ1n) is 5.69. The van der Waals surface area contributed by atoms with Gasteiger partial charge in [-0.25, -0.2) is 0 Å². The van der Waals surface area contributed by atoms with Gasteiger partial charge in [-0.3, -0.25) is 9.48 Å².